The lowest BCUT2D eigenvalue weighted by Gasteiger charge is -2.27. The van der Waals surface area contributed by atoms with Crippen molar-refractivity contribution in [2.75, 3.05) is 0 Å². The topological polar surface area (TPSA) is 26.3 Å². The Morgan fingerprint density at radius 1 is 0.931 bits per heavy atom. The molecule has 29 heavy (non-hydrogen) atoms. The van der Waals surface area contributed by atoms with Gasteiger partial charge in [-0.05, 0) is 67.0 Å². The third-order valence-electron chi connectivity index (χ3n) is 6.36. The molecule has 1 heterocycles. The first kappa shape index (κ1) is 21.8. The van der Waals surface area contributed by atoms with Gasteiger partial charge < -0.3 is 4.74 Å². The molecular weight excluding hydrogens is 372 g/mol. The van der Waals surface area contributed by atoms with Crippen molar-refractivity contribution >= 4 is 14.8 Å². The van der Waals surface area contributed by atoms with Crippen molar-refractivity contribution < 1.29 is 9.53 Å². The highest BCUT2D eigenvalue weighted by Gasteiger charge is 2.23. The molecule has 0 aliphatic carbocycles. The third kappa shape index (κ3) is 6.57. The van der Waals surface area contributed by atoms with Gasteiger partial charge in [-0.15, -0.1) is 0 Å². The van der Waals surface area contributed by atoms with Gasteiger partial charge in [-0.3, -0.25) is 0 Å². The summed E-state index contributed by atoms with van der Waals surface area (Å²) in [6, 6.07) is 20.6. The fourth-order valence-electron chi connectivity index (χ4n) is 4.55. The molecule has 0 aromatic heterocycles. The van der Waals surface area contributed by atoms with Crippen LogP contribution in [0.5, 0.6) is 5.75 Å². The number of ether oxygens (including phenoxy) is 1. The van der Waals surface area contributed by atoms with Crippen molar-refractivity contribution in [3.8, 4) is 5.75 Å². The maximum Gasteiger partial charge on any atom is 0.343 e. The number of hydrogen-bond donors (Lipinski definition) is 0. The largest absolute Gasteiger partial charge is 0.423 e. The Balaban J connectivity index is 1.51. The fourth-order valence-corrected chi connectivity index (χ4v) is 7.98. The molecule has 0 amide bonds. The standard InChI is InChI=1S/C26H36O2Si/c1-3-5-6-7-21-8-14-25(15-9-21)28-26(27)24-12-10-22(11-13-24)23-16-19-29(18-4-2)20-17-23/h8-15,23,29H,3-7,16-20H2,1-2H3. The van der Waals surface area contributed by atoms with Crippen LogP contribution in [0.3, 0.4) is 0 Å². The average Bonchev–Trinajstić information content (AvgIpc) is 2.76. The molecule has 1 fully saturated rings. The zero-order chi connectivity index (χ0) is 20.5. The molecule has 1 aliphatic rings. The number of unbranched alkanes of at least 4 members (excludes halogenated alkanes) is 2. The first-order valence-electron chi connectivity index (χ1n) is 11.6. The molecule has 0 atom stereocenters. The van der Waals surface area contributed by atoms with Crippen LogP contribution in [-0.4, -0.2) is 14.8 Å². The highest BCUT2D eigenvalue weighted by Crippen LogP contribution is 2.35. The highest BCUT2D eigenvalue weighted by molar-refractivity contribution is 6.59. The summed E-state index contributed by atoms with van der Waals surface area (Å²) in [7, 11) is -0.441. The molecule has 0 bridgehead atoms. The maximum absolute atomic E-state index is 12.5. The molecule has 0 radical (unpaired) electrons. The van der Waals surface area contributed by atoms with Crippen molar-refractivity contribution in [2.45, 2.75) is 82.8 Å². The molecular formula is C26H36O2Si. The Labute approximate surface area is 178 Å². The van der Waals surface area contributed by atoms with Crippen LogP contribution in [0, 0.1) is 0 Å². The van der Waals surface area contributed by atoms with E-state index in [1.165, 1.54) is 67.8 Å². The van der Waals surface area contributed by atoms with E-state index in [1.807, 2.05) is 24.3 Å². The molecule has 156 valence electrons. The van der Waals surface area contributed by atoms with Gasteiger partial charge in [0, 0.05) is 8.80 Å². The van der Waals surface area contributed by atoms with Gasteiger partial charge in [-0.1, -0.05) is 75.5 Å². The van der Waals surface area contributed by atoms with Crippen LogP contribution in [0.15, 0.2) is 48.5 Å². The molecule has 0 spiro atoms. The quantitative estimate of drug-likeness (QED) is 0.190. The van der Waals surface area contributed by atoms with Crippen LogP contribution in [0.4, 0.5) is 0 Å². The summed E-state index contributed by atoms with van der Waals surface area (Å²) in [6.07, 6.45) is 8.83. The summed E-state index contributed by atoms with van der Waals surface area (Å²) in [5.41, 5.74) is 3.33. The molecule has 0 unspecified atom stereocenters. The van der Waals surface area contributed by atoms with Gasteiger partial charge in [0.25, 0.3) is 0 Å². The van der Waals surface area contributed by atoms with Crippen LogP contribution < -0.4 is 4.74 Å². The fraction of sp³-hybridized carbons (Fsp3) is 0.500. The molecule has 1 aliphatic heterocycles. The molecule has 2 aromatic carbocycles. The predicted octanol–water partition coefficient (Wildman–Crippen LogP) is 7.15. The van der Waals surface area contributed by atoms with E-state index >= 15 is 0 Å². The lowest BCUT2D eigenvalue weighted by molar-refractivity contribution is 0.0734. The van der Waals surface area contributed by atoms with E-state index in [0.29, 0.717) is 17.2 Å². The Bertz CT molecular complexity index is 743. The SMILES string of the molecule is CCCCCc1ccc(OC(=O)c2ccc(C3CC[SiH](CCC)CC3)cc2)cc1. The summed E-state index contributed by atoms with van der Waals surface area (Å²) < 4.78 is 5.57. The van der Waals surface area contributed by atoms with Gasteiger partial charge in [0.2, 0.25) is 0 Å². The van der Waals surface area contributed by atoms with E-state index < -0.39 is 8.80 Å². The minimum Gasteiger partial charge on any atom is -0.423 e. The maximum atomic E-state index is 12.5. The van der Waals surface area contributed by atoms with Gasteiger partial charge in [0.1, 0.15) is 5.75 Å². The summed E-state index contributed by atoms with van der Waals surface area (Å²) in [4.78, 5) is 12.5. The lowest BCUT2D eigenvalue weighted by Crippen LogP contribution is -2.20. The van der Waals surface area contributed by atoms with Crippen molar-refractivity contribution in [3.05, 3.63) is 65.2 Å². The summed E-state index contributed by atoms with van der Waals surface area (Å²) in [6.45, 7) is 4.54. The summed E-state index contributed by atoms with van der Waals surface area (Å²) in [5, 5.41) is 0. The number of rotatable bonds is 9. The Morgan fingerprint density at radius 2 is 1.62 bits per heavy atom. The number of carbonyl (C=O) groups is 1. The van der Waals surface area contributed by atoms with E-state index in [4.69, 9.17) is 4.74 Å². The van der Waals surface area contributed by atoms with Gasteiger partial charge in [-0.2, -0.15) is 0 Å². The minimum atomic E-state index is -0.441. The normalized spacial score (nSPS) is 19.1. The van der Waals surface area contributed by atoms with Crippen molar-refractivity contribution in [1.82, 2.24) is 0 Å². The van der Waals surface area contributed by atoms with Crippen molar-refractivity contribution in [3.63, 3.8) is 0 Å². The van der Waals surface area contributed by atoms with E-state index in [2.05, 4.69) is 38.1 Å². The van der Waals surface area contributed by atoms with E-state index in [-0.39, 0.29) is 5.97 Å². The predicted molar refractivity (Wildman–Crippen MR) is 125 cm³/mol. The second kappa shape index (κ2) is 11.3. The number of carbonyl (C=O) groups excluding carboxylic acids is 1. The van der Waals surface area contributed by atoms with E-state index in [0.717, 1.165) is 6.42 Å². The first-order valence-corrected chi connectivity index (χ1v) is 14.1. The van der Waals surface area contributed by atoms with E-state index in [1.54, 1.807) is 0 Å². The molecule has 3 rings (SSSR count). The van der Waals surface area contributed by atoms with Gasteiger partial charge in [0.15, 0.2) is 0 Å². The molecule has 2 nitrogen and oxygen atoms in total. The number of hydrogen-bond acceptors (Lipinski definition) is 2. The zero-order valence-corrected chi connectivity index (χ0v) is 19.3. The first-order chi connectivity index (χ1) is 14.2. The van der Waals surface area contributed by atoms with Crippen LogP contribution in [0.2, 0.25) is 18.1 Å². The zero-order valence-electron chi connectivity index (χ0n) is 18.2. The smallest absolute Gasteiger partial charge is 0.343 e. The minimum absolute atomic E-state index is 0.269. The Kier molecular flexibility index (Phi) is 8.54. The monoisotopic (exact) mass is 408 g/mol. The molecule has 3 heteroatoms. The van der Waals surface area contributed by atoms with Crippen LogP contribution in [0.25, 0.3) is 0 Å². The van der Waals surface area contributed by atoms with Crippen LogP contribution in [0.1, 0.15) is 79.8 Å². The molecule has 0 saturated carbocycles. The third-order valence-corrected chi connectivity index (χ3v) is 10.1. The molecule has 0 N–H and O–H groups in total. The second-order valence-electron chi connectivity index (χ2n) is 8.62. The summed E-state index contributed by atoms with van der Waals surface area (Å²) >= 11 is 0. The number of aryl methyl sites for hydroxylation is 1. The van der Waals surface area contributed by atoms with Gasteiger partial charge >= 0.3 is 5.97 Å². The van der Waals surface area contributed by atoms with E-state index in [9.17, 15) is 4.79 Å². The second-order valence-corrected chi connectivity index (χ2v) is 12.1. The van der Waals surface area contributed by atoms with Gasteiger partial charge in [0.05, 0.1) is 5.56 Å². The summed E-state index contributed by atoms with van der Waals surface area (Å²) in [5.74, 6) is 1.03. The highest BCUT2D eigenvalue weighted by atomic mass is 28.3. The van der Waals surface area contributed by atoms with Crippen LogP contribution in [-0.2, 0) is 6.42 Å². The average molecular weight is 409 g/mol. The van der Waals surface area contributed by atoms with Crippen molar-refractivity contribution in [2.24, 2.45) is 0 Å². The van der Waals surface area contributed by atoms with Crippen LogP contribution >= 0.6 is 0 Å². The Morgan fingerprint density at radius 3 is 2.24 bits per heavy atom. The molecule has 2 aromatic rings. The van der Waals surface area contributed by atoms with Crippen molar-refractivity contribution in [1.29, 1.82) is 0 Å². The number of benzene rings is 2. The lowest BCUT2D eigenvalue weighted by atomic mass is 9.93. The number of esters is 1. The molecule has 1 saturated heterocycles. The van der Waals surface area contributed by atoms with Gasteiger partial charge in [-0.25, -0.2) is 4.79 Å². The Hall–Kier alpha value is -1.87.